The van der Waals surface area contributed by atoms with Gasteiger partial charge in [-0.25, -0.2) is 0 Å². The fourth-order valence-corrected chi connectivity index (χ4v) is 1.03. The van der Waals surface area contributed by atoms with Crippen LogP contribution in [0.25, 0.3) is 0 Å². The fourth-order valence-electron chi connectivity index (χ4n) is 1.03. The Hall–Kier alpha value is 0.925. The third-order valence-corrected chi connectivity index (χ3v) is 2.00. The molecule has 0 bridgehead atoms. The molecule has 0 unspecified atom stereocenters. The summed E-state index contributed by atoms with van der Waals surface area (Å²) in [6.45, 7) is 8.47. The van der Waals surface area contributed by atoms with Gasteiger partial charge in [-0.1, -0.05) is 13.8 Å². The Labute approximate surface area is 123 Å². The van der Waals surface area contributed by atoms with E-state index in [9.17, 15) is 0 Å². The van der Waals surface area contributed by atoms with Crippen molar-refractivity contribution in [2.24, 2.45) is 5.41 Å². The molecule has 0 heterocycles. The topological polar surface area (TPSA) is 34.1 Å². The van der Waals surface area contributed by atoms with Crippen molar-refractivity contribution in [3.05, 3.63) is 18.6 Å². The van der Waals surface area contributed by atoms with Gasteiger partial charge in [0.15, 0.2) is 0 Å². The van der Waals surface area contributed by atoms with Gasteiger partial charge < -0.3 is 6.42 Å². The normalized spacial score (nSPS) is 18.3. The molecule has 2 nitrogen and oxygen atoms in total. The number of carbonyl (C=O) groups excluding carboxylic acids is 2. The molecule has 1 aliphatic carbocycles. The van der Waals surface area contributed by atoms with Crippen LogP contribution >= 0.6 is 0 Å². The van der Waals surface area contributed by atoms with Crippen LogP contribution in [0.3, 0.4) is 0 Å². The molecule has 0 amide bonds. The van der Waals surface area contributed by atoms with Gasteiger partial charge in [0, 0.05) is 0 Å². The summed E-state index contributed by atoms with van der Waals surface area (Å²) in [5, 5.41) is 0. The molecule has 12 heavy (non-hydrogen) atoms. The number of allylic oxidation sites excluding steroid dienone is 1. The fraction of sp³-hybridized carbons (Fsp3) is 0.556. The first-order chi connectivity index (χ1) is 5.04. The molecule has 0 radical (unpaired) electrons. The van der Waals surface area contributed by atoms with Crippen molar-refractivity contribution in [1.29, 1.82) is 0 Å². The van der Waals surface area contributed by atoms with E-state index in [-0.39, 0.29) is 64.3 Å². The minimum atomic E-state index is 0. The second-order valence-corrected chi connectivity index (χ2v) is 3.27. The zero-order chi connectivity index (χ0) is 8.91. The van der Waals surface area contributed by atoms with Gasteiger partial charge in [-0.15, -0.1) is 12.2 Å². The number of hydrogen-bond donors (Lipinski definition) is 0. The molecule has 62 valence electrons. The quantitative estimate of drug-likeness (QED) is 0.400. The Morgan fingerprint density at radius 2 is 1.92 bits per heavy atom. The van der Waals surface area contributed by atoms with E-state index in [1.165, 1.54) is 12.0 Å². The van der Waals surface area contributed by atoms with E-state index < -0.39 is 0 Å². The first-order valence-electron chi connectivity index (χ1n) is 3.54. The molecular weight excluding hydrogens is 226 g/mol. The van der Waals surface area contributed by atoms with Gasteiger partial charge in [-0.2, -0.15) is 22.4 Å². The van der Waals surface area contributed by atoms with E-state index in [0.29, 0.717) is 5.41 Å². The molecule has 0 aromatic heterocycles. The summed E-state index contributed by atoms with van der Waals surface area (Å²) in [7, 11) is 0. The van der Waals surface area contributed by atoms with E-state index in [1.54, 1.807) is 0 Å². The van der Waals surface area contributed by atoms with Crippen molar-refractivity contribution in [1.82, 2.24) is 0 Å². The van der Waals surface area contributed by atoms with Gasteiger partial charge in [0.05, 0.1) is 0 Å². The van der Waals surface area contributed by atoms with Gasteiger partial charge in [0.1, 0.15) is 0 Å². The van der Waals surface area contributed by atoms with Gasteiger partial charge in [-0.05, 0) is 5.41 Å². The summed E-state index contributed by atoms with van der Waals surface area (Å²) < 4.78 is 0. The Morgan fingerprint density at radius 3 is 2.00 bits per heavy atom. The Kier molecular flexibility index (Phi) is 9.42. The third-order valence-electron chi connectivity index (χ3n) is 2.00. The summed E-state index contributed by atoms with van der Waals surface area (Å²) in [5.74, 6) is 0. The van der Waals surface area contributed by atoms with E-state index in [4.69, 9.17) is 9.59 Å². The zero-order valence-corrected chi connectivity index (χ0v) is 12.9. The van der Waals surface area contributed by atoms with E-state index in [2.05, 4.69) is 26.8 Å². The van der Waals surface area contributed by atoms with Crippen LogP contribution in [0.4, 0.5) is 0 Å². The van der Waals surface area contributed by atoms with Crippen LogP contribution in [0.15, 0.2) is 12.2 Å². The third kappa shape index (κ3) is 5.55. The molecular formula is C9H13O2Rb. The van der Waals surface area contributed by atoms with Crippen LogP contribution in [-0.4, -0.2) is 6.15 Å². The Balaban J connectivity index is 0. The van der Waals surface area contributed by atoms with Crippen molar-refractivity contribution in [2.45, 2.75) is 26.7 Å². The van der Waals surface area contributed by atoms with Gasteiger partial charge in [0.25, 0.3) is 0 Å². The maximum atomic E-state index is 8.12. The molecule has 1 aliphatic rings. The summed E-state index contributed by atoms with van der Waals surface area (Å²) in [4.78, 5) is 16.2. The van der Waals surface area contributed by atoms with Crippen molar-refractivity contribution in [3.63, 3.8) is 0 Å². The predicted molar refractivity (Wildman–Crippen MR) is 41.5 cm³/mol. The van der Waals surface area contributed by atoms with Crippen LogP contribution in [0.1, 0.15) is 26.7 Å². The molecule has 1 fully saturated rings. The van der Waals surface area contributed by atoms with Gasteiger partial charge >= 0.3 is 64.3 Å². The second-order valence-electron chi connectivity index (χ2n) is 3.27. The molecule has 0 N–H and O–H groups in total. The number of rotatable bonds is 0. The Morgan fingerprint density at radius 1 is 1.50 bits per heavy atom. The van der Waals surface area contributed by atoms with Crippen molar-refractivity contribution in [2.75, 3.05) is 0 Å². The minimum Gasteiger partial charge on any atom is -0.324 e. The summed E-state index contributed by atoms with van der Waals surface area (Å²) in [6, 6.07) is 0. The predicted octanol–water partition coefficient (Wildman–Crippen LogP) is -1.01. The largest absolute Gasteiger partial charge is 1.00 e. The molecule has 0 aromatic carbocycles. The van der Waals surface area contributed by atoms with E-state index in [1.807, 2.05) is 0 Å². The monoisotopic (exact) mass is 238 g/mol. The first-order valence-corrected chi connectivity index (χ1v) is 3.54. The molecule has 1 rings (SSSR count). The minimum absolute atomic E-state index is 0. The molecule has 0 atom stereocenters. The zero-order valence-electron chi connectivity index (χ0n) is 8.02. The van der Waals surface area contributed by atoms with Crippen molar-refractivity contribution in [3.8, 4) is 0 Å². The first kappa shape index (κ1) is 15.4. The van der Waals surface area contributed by atoms with Gasteiger partial charge in [-0.3, -0.25) is 0 Å². The molecule has 0 spiro atoms. The van der Waals surface area contributed by atoms with Crippen LogP contribution in [0, 0.1) is 11.8 Å². The maximum absolute atomic E-state index is 8.12. The van der Waals surface area contributed by atoms with Crippen LogP contribution in [0.5, 0.6) is 0 Å². The van der Waals surface area contributed by atoms with Crippen LogP contribution in [0.2, 0.25) is 0 Å². The second kappa shape index (κ2) is 7.34. The van der Waals surface area contributed by atoms with Crippen molar-refractivity contribution >= 4 is 6.15 Å². The van der Waals surface area contributed by atoms with Crippen molar-refractivity contribution < 1.29 is 67.8 Å². The molecule has 0 aliphatic heterocycles. The summed E-state index contributed by atoms with van der Waals surface area (Å²) in [6.07, 6.45) is 4.90. The maximum Gasteiger partial charge on any atom is 1.00 e. The number of hydrogen-bond acceptors (Lipinski definition) is 2. The summed E-state index contributed by atoms with van der Waals surface area (Å²) in [5.41, 5.74) is 1.79. The SMILES string of the molecule is C=C1C[CH-]CC1(C)C.O=C=O.[Rb+]. The van der Waals surface area contributed by atoms with Gasteiger partial charge in [0.2, 0.25) is 0 Å². The molecule has 0 aromatic rings. The standard InChI is InChI=1S/C8H13.CO2.Rb/c1-7-5-4-6-8(7,2)3;2-1-3;/h4H,1,5-6H2,2-3H3;;/q-1;;+1. The smallest absolute Gasteiger partial charge is 0.324 e. The Bertz CT molecular complexity index is 179. The van der Waals surface area contributed by atoms with E-state index >= 15 is 0 Å². The van der Waals surface area contributed by atoms with E-state index in [0.717, 1.165) is 6.42 Å². The average molecular weight is 239 g/mol. The molecule has 0 saturated heterocycles. The van der Waals surface area contributed by atoms with Crippen LogP contribution < -0.4 is 58.2 Å². The van der Waals surface area contributed by atoms with Crippen LogP contribution in [-0.2, 0) is 9.59 Å². The molecule has 3 heteroatoms. The average Bonchev–Trinajstić information content (AvgIpc) is 2.14. The summed E-state index contributed by atoms with van der Waals surface area (Å²) >= 11 is 0. The molecule has 1 saturated carbocycles.